The van der Waals surface area contributed by atoms with E-state index in [1.54, 1.807) is 12.4 Å². The van der Waals surface area contributed by atoms with Crippen LogP contribution in [0.1, 0.15) is 30.9 Å². The molecule has 1 aromatic carbocycles. The Bertz CT molecular complexity index is 740. The van der Waals surface area contributed by atoms with Gasteiger partial charge in [-0.3, -0.25) is 4.98 Å². The zero-order valence-corrected chi connectivity index (χ0v) is 12.6. The van der Waals surface area contributed by atoms with Crippen LogP contribution in [0.4, 0.5) is 0 Å². The van der Waals surface area contributed by atoms with Gasteiger partial charge >= 0.3 is 0 Å². The summed E-state index contributed by atoms with van der Waals surface area (Å²) in [6, 6.07) is 11.6. The van der Waals surface area contributed by atoms with Crippen LogP contribution in [0.15, 0.2) is 53.3 Å². The molecule has 2 aromatic heterocycles. The lowest BCUT2D eigenvalue weighted by Gasteiger charge is -2.15. The van der Waals surface area contributed by atoms with Crippen LogP contribution in [0.3, 0.4) is 0 Å². The third kappa shape index (κ3) is 2.98. The molecule has 0 fully saturated rings. The number of para-hydroxylation sites is 1. The molecule has 3 rings (SSSR count). The van der Waals surface area contributed by atoms with Crippen LogP contribution in [-0.4, -0.2) is 15.1 Å². The van der Waals surface area contributed by atoms with Crippen molar-refractivity contribution in [1.82, 2.24) is 15.1 Å². The molecule has 22 heavy (non-hydrogen) atoms. The zero-order chi connectivity index (χ0) is 15.4. The van der Waals surface area contributed by atoms with Gasteiger partial charge in [0.15, 0.2) is 6.10 Å². The Kier molecular flexibility index (Phi) is 4.14. The van der Waals surface area contributed by atoms with Crippen molar-refractivity contribution >= 4 is 0 Å². The van der Waals surface area contributed by atoms with Gasteiger partial charge in [0.2, 0.25) is 5.82 Å². The predicted molar refractivity (Wildman–Crippen MR) is 82.4 cm³/mol. The van der Waals surface area contributed by atoms with Crippen LogP contribution in [0.5, 0.6) is 5.75 Å². The number of nitrogens with zero attached hydrogens (tertiary/aromatic N) is 3. The van der Waals surface area contributed by atoms with Crippen molar-refractivity contribution in [2.75, 3.05) is 0 Å². The highest BCUT2D eigenvalue weighted by atomic mass is 16.5. The second-order valence-corrected chi connectivity index (χ2v) is 4.98. The maximum Gasteiger partial charge on any atom is 0.268 e. The van der Waals surface area contributed by atoms with Crippen molar-refractivity contribution in [2.24, 2.45) is 0 Å². The van der Waals surface area contributed by atoms with Gasteiger partial charge in [0, 0.05) is 18.0 Å². The molecule has 3 aromatic rings. The summed E-state index contributed by atoms with van der Waals surface area (Å²) in [6.07, 6.45) is 3.89. The van der Waals surface area contributed by atoms with E-state index in [0.29, 0.717) is 11.7 Å². The Morgan fingerprint density at radius 2 is 2.05 bits per heavy atom. The number of hydrogen-bond donors (Lipinski definition) is 0. The van der Waals surface area contributed by atoms with Gasteiger partial charge in [0.25, 0.3) is 5.89 Å². The first-order valence-electron chi connectivity index (χ1n) is 7.24. The predicted octanol–water partition coefficient (Wildman–Crippen LogP) is 3.97. The van der Waals surface area contributed by atoms with E-state index in [0.717, 1.165) is 23.3 Å². The summed E-state index contributed by atoms with van der Waals surface area (Å²) in [6.45, 7) is 4.04. The third-order valence-corrected chi connectivity index (χ3v) is 3.37. The molecule has 0 aliphatic carbocycles. The lowest BCUT2D eigenvalue weighted by molar-refractivity contribution is 0.153. The SMILES string of the molecule is CCC(Oc1ccccc1C)c1nc(-c2cccnc2)no1. The van der Waals surface area contributed by atoms with Crippen molar-refractivity contribution in [3.63, 3.8) is 0 Å². The molecule has 0 radical (unpaired) electrons. The van der Waals surface area contributed by atoms with Gasteiger partial charge < -0.3 is 9.26 Å². The van der Waals surface area contributed by atoms with Crippen molar-refractivity contribution < 1.29 is 9.26 Å². The van der Waals surface area contributed by atoms with Crippen molar-refractivity contribution in [3.8, 4) is 17.1 Å². The molecule has 5 heteroatoms. The van der Waals surface area contributed by atoms with E-state index < -0.39 is 0 Å². The largest absolute Gasteiger partial charge is 0.480 e. The van der Waals surface area contributed by atoms with Crippen molar-refractivity contribution in [2.45, 2.75) is 26.4 Å². The number of aryl methyl sites for hydroxylation is 1. The van der Waals surface area contributed by atoms with Gasteiger partial charge in [-0.05, 0) is 37.1 Å². The Morgan fingerprint density at radius 3 is 2.77 bits per heavy atom. The fraction of sp³-hybridized carbons (Fsp3) is 0.235. The number of pyridine rings is 1. The van der Waals surface area contributed by atoms with Gasteiger partial charge in [-0.2, -0.15) is 4.98 Å². The summed E-state index contributed by atoms with van der Waals surface area (Å²) in [5.74, 6) is 1.83. The van der Waals surface area contributed by atoms with E-state index in [1.165, 1.54) is 0 Å². The Labute approximate surface area is 129 Å². The Morgan fingerprint density at radius 1 is 1.18 bits per heavy atom. The second-order valence-electron chi connectivity index (χ2n) is 4.98. The maximum atomic E-state index is 6.02. The van der Waals surface area contributed by atoms with Gasteiger partial charge in [-0.25, -0.2) is 0 Å². The minimum absolute atomic E-state index is 0.265. The summed E-state index contributed by atoms with van der Waals surface area (Å²) in [5, 5.41) is 4.01. The zero-order valence-electron chi connectivity index (χ0n) is 12.6. The number of benzene rings is 1. The van der Waals surface area contributed by atoms with Crippen LogP contribution >= 0.6 is 0 Å². The highest BCUT2D eigenvalue weighted by Gasteiger charge is 2.20. The first kappa shape index (κ1) is 14.3. The van der Waals surface area contributed by atoms with Crippen LogP contribution in [0.25, 0.3) is 11.4 Å². The molecule has 1 atom stereocenters. The number of rotatable bonds is 5. The van der Waals surface area contributed by atoms with Gasteiger partial charge in [-0.15, -0.1) is 0 Å². The molecule has 0 N–H and O–H groups in total. The topological polar surface area (TPSA) is 61.0 Å². The number of aromatic nitrogens is 3. The molecular weight excluding hydrogens is 278 g/mol. The molecule has 112 valence electrons. The highest BCUT2D eigenvalue weighted by Crippen LogP contribution is 2.27. The first-order chi connectivity index (χ1) is 10.8. The summed E-state index contributed by atoms with van der Waals surface area (Å²) in [5.41, 5.74) is 1.90. The molecule has 0 amide bonds. The molecule has 0 bridgehead atoms. The molecule has 5 nitrogen and oxygen atoms in total. The monoisotopic (exact) mass is 295 g/mol. The summed E-state index contributed by atoms with van der Waals surface area (Å²) in [7, 11) is 0. The molecule has 2 heterocycles. The summed E-state index contributed by atoms with van der Waals surface area (Å²) < 4.78 is 11.4. The normalized spacial score (nSPS) is 12.1. The minimum atomic E-state index is -0.265. The first-order valence-corrected chi connectivity index (χ1v) is 7.24. The standard InChI is InChI=1S/C17H17N3O2/c1-3-14(21-15-9-5-4-7-12(15)2)17-19-16(20-22-17)13-8-6-10-18-11-13/h4-11,14H,3H2,1-2H3. The fourth-order valence-electron chi connectivity index (χ4n) is 2.13. The fourth-order valence-corrected chi connectivity index (χ4v) is 2.13. The lowest BCUT2D eigenvalue weighted by atomic mass is 10.2. The van der Waals surface area contributed by atoms with Crippen LogP contribution in [-0.2, 0) is 0 Å². The van der Waals surface area contributed by atoms with E-state index in [1.807, 2.05) is 50.2 Å². The quantitative estimate of drug-likeness (QED) is 0.712. The molecule has 0 saturated heterocycles. The van der Waals surface area contributed by atoms with E-state index in [4.69, 9.17) is 9.26 Å². The van der Waals surface area contributed by atoms with Crippen molar-refractivity contribution in [1.29, 1.82) is 0 Å². The van der Waals surface area contributed by atoms with E-state index in [-0.39, 0.29) is 6.10 Å². The maximum absolute atomic E-state index is 6.02. The third-order valence-electron chi connectivity index (χ3n) is 3.37. The molecule has 0 spiro atoms. The average molecular weight is 295 g/mol. The number of hydrogen-bond acceptors (Lipinski definition) is 5. The number of ether oxygens (including phenoxy) is 1. The molecule has 0 aliphatic rings. The molecule has 0 aliphatic heterocycles. The highest BCUT2D eigenvalue weighted by molar-refractivity contribution is 5.51. The summed E-state index contributed by atoms with van der Waals surface area (Å²) in [4.78, 5) is 8.50. The van der Waals surface area contributed by atoms with Gasteiger partial charge in [0.1, 0.15) is 5.75 Å². The van der Waals surface area contributed by atoms with Gasteiger partial charge in [0.05, 0.1) is 0 Å². The Balaban J connectivity index is 1.83. The van der Waals surface area contributed by atoms with E-state index >= 15 is 0 Å². The Hall–Kier alpha value is -2.69. The van der Waals surface area contributed by atoms with Crippen molar-refractivity contribution in [3.05, 3.63) is 60.2 Å². The smallest absolute Gasteiger partial charge is 0.268 e. The van der Waals surface area contributed by atoms with E-state index in [9.17, 15) is 0 Å². The second kappa shape index (κ2) is 6.39. The van der Waals surface area contributed by atoms with Gasteiger partial charge in [-0.1, -0.05) is 30.3 Å². The van der Waals surface area contributed by atoms with E-state index in [2.05, 4.69) is 15.1 Å². The lowest BCUT2D eigenvalue weighted by Crippen LogP contribution is -2.07. The average Bonchev–Trinajstić information content (AvgIpc) is 3.05. The summed E-state index contributed by atoms with van der Waals surface area (Å²) >= 11 is 0. The van der Waals surface area contributed by atoms with Crippen LogP contribution < -0.4 is 4.74 Å². The molecule has 0 saturated carbocycles. The molecule has 1 unspecified atom stereocenters. The van der Waals surface area contributed by atoms with Crippen LogP contribution in [0.2, 0.25) is 0 Å². The molecular formula is C17H17N3O2. The minimum Gasteiger partial charge on any atom is -0.480 e. The van der Waals surface area contributed by atoms with Crippen LogP contribution in [0, 0.1) is 6.92 Å².